The summed E-state index contributed by atoms with van der Waals surface area (Å²) in [6, 6.07) is 16.8. The normalized spacial score (nSPS) is 12.4. The summed E-state index contributed by atoms with van der Waals surface area (Å²) in [5.74, 6) is 2.46. The summed E-state index contributed by atoms with van der Waals surface area (Å²) < 4.78 is 1.80. The predicted molar refractivity (Wildman–Crippen MR) is 116 cm³/mol. The van der Waals surface area contributed by atoms with Crippen molar-refractivity contribution in [1.82, 2.24) is 24.6 Å². The molecule has 0 saturated carbocycles. The lowest BCUT2D eigenvalue weighted by molar-refractivity contribution is 0.695. The number of hydrogen-bond donors (Lipinski definition) is 1. The summed E-state index contributed by atoms with van der Waals surface area (Å²) in [6.45, 7) is 6.48. The summed E-state index contributed by atoms with van der Waals surface area (Å²) in [5.41, 5.74) is 3.23. The van der Waals surface area contributed by atoms with Gasteiger partial charge in [0.05, 0.1) is 5.69 Å². The Morgan fingerprint density at radius 2 is 1.83 bits per heavy atom. The molecule has 4 aromatic rings. The number of hydrogen-bond acceptors (Lipinski definition) is 5. The van der Waals surface area contributed by atoms with Crippen LogP contribution in [0.15, 0.2) is 60.9 Å². The van der Waals surface area contributed by atoms with Crippen molar-refractivity contribution in [3.8, 4) is 11.4 Å². The van der Waals surface area contributed by atoms with E-state index in [9.17, 15) is 0 Å². The first-order valence-electron chi connectivity index (χ1n) is 10.1. The van der Waals surface area contributed by atoms with Gasteiger partial charge in [-0.2, -0.15) is 9.50 Å². The molecular weight excluding hydrogens is 360 g/mol. The summed E-state index contributed by atoms with van der Waals surface area (Å²) in [4.78, 5) is 13.5. The van der Waals surface area contributed by atoms with E-state index in [4.69, 9.17) is 10.1 Å². The first-order valence-corrected chi connectivity index (χ1v) is 10.1. The maximum atomic E-state index is 4.71. The zero-order valence-corrected chi connectivity index (χ0v) is 17.1. The maximum Gasteiger partial charge on any atom is 0.254 e. The van der Waals surface area contributed by atoms with E-state index in [0.29, 0.717) is 17.5 Å². The van der Waals surface area contributed by atoms with E-state index in [0.717, 1.165) is 29.9 Å². The highest BCUT2D eigenvalue weighted by atomic mass is 15.4. The Kier molecular flexibility index (Phi) is 5.51. The second-order valence-electron chi connectivity index (χ2n) is 7.68. The molecule has 0 aliphatic heterocycles. The molecule has 4 rings (SSSR count). The largest absolute Gasteiger partial charge is 0.367 e. The van der Waals surface area contributed by atoms with Crippen molar-refractivity contribution >= 4 is 11.6 Å². The molecule has 0 spiro atoms. The van der Waals surface area contributed by atoms with Crippen molar-refractivity contribution in [1.29, 1.82) is 0 Å². The summed E-state index contributed by atoms with van der Waals surface area (Å²) >= 11 is 0. The van der Waals surface area contributed by atoms with Crippen LogP contribution >= 0.6 is 0 Å². The summed E-state index contributed by atoms with van der Waals surface area (Å²) in [5, 5.41) is 8.32. The molecule has 1 aromatic carbocycles. The van der Waals surface area contributed by atoms with E-state index < -0.39 is 0 Å². The lowest BCUT2D eigenvalue weighted by atomic mass is 10.1. The van der Waals surface area contributed by atoms with Crippen LogP contribution in [-0.4, -0.2) is 30.6 Å². The van der Waals surface area contributed by atoms with Crippen molar-refractivity contribution in [3.63, 3.8) is 0 Å². The number of pyridine rings is 1. The van der Waals surface area contributed by atoms with Gasteiger partial charge in [-0.25, -0.2) is 4.98 Å². The first-order chi connectivity index (χ1) is 14.1. The molecule has 0 bridgehead atoms. The van der Waals surface area contributed by atoms with Crippen molar-refractivity contribution < 1.29 is 0 Å². The van der Waals surface area contributed by atoms with Gasteiger partial charge in [0.1, 0.15) is 5.82 Å². The fourth-order valence-corrected chi connectivity index (χ4v) is 3.26. The highest BCUT2D eigenvalue weighted by Crippen LogP contribution is 2.22. The number of benzene rings is 1. The molecule has 1 atom stereocenters. The number of nitrogens with one attached hydrogen (secondary N) is 1. The van der Waals surface area contributed by atoms with E-state index in [-0.39, 0.29) is 6.04 Å². The third kappa shape index (κ3) is 4.42. The second-order valence-corrected chi connectivity index (χ2v) is 7.68. The van der Waals surface area contributed by atoms with Gasteiger partial charge in [-0.05, 0) is 43.4 Å². The van der Waals surface area contributed by atoms with Crippen molar-refractivity contribution in [2.45, 2.75) is 45.6 Å². The van der Waals surface area contributed by atoms with Gasteiger partial charge in [0.15, 0.2) is 5.82 Å². The van der Waals surface area contributed by atoms with Crippen molar-refractivity contribution in [2.75, 3.05) is 5.32 Å². The Hall–Kier alpha value is -3.28. The van der Waals surface area contributed by atoms with Crippen LogP contribution in [0.4, 0.5) is 5.82 Å². The number of aryl methyl sites for hydroxylation is 1. The molecule has 1 N–H and O–H groups in total. The average Bonchev–Trinajstić information content (AvgIpc) is 3.18. The fraction of sp³-hybridized carbons (Fsp3) is 0.304. The van der Waals surface area contributed by atoms with Crippen LogP contribution in [0.3, 0.4) is 0 Å². The fourth-order valence-electron chi connectivity index (χ4n) is 3.26. The Labute approximate surface area is 171 Å². The quantitative estimate of drug-likeness (QED) is 0.497. The molecule has 0 fully saturated rings. The maximum absolute atomic E-state index is 4.71. The van der Waals surface area contributed by atoms with Gasteiger partial charge in [0.25, 0.3) is 5.78 Å². The first kappa shape index (κ1) is 19.1. The molecule has 0 saturated heterocycles. The second kappa shape index (κ2) is 8.39. The molecule has 0 aliphatic carbocycles. The minimum Gasteiger partial charge on any atom is -0.367 e. The van der Waals surface area contributed by atoms with E-state index in [1.54, 1.807) is 16.9 Å². The van der Waals surface area contributed by atoms with Gasteiger partial charge in [0.2, 0.25) is 0 Å². The molecule has 148 valence electrons. The third-order valence-electron chi connectivity index (χ3n) is 4.95. The Morgan fingerprint density at radius 1 is 1.00 bits per heavy atom. The van der Waals surface area contributed by atoms with Gasteiger partial charge in [0, 0.05) is 30.1 Å². The molecule has 3 aromatic heterocycles. The number of anilines is 1. The Balaban J connectivity index is 1.62. The monoisotopic (exact) mass is 386 g/mol. The number of aromatic nitrogens is 5. The van der Waals surface area contributed by atoms with Crippen LogP contribution in [0.25, 0.3) is 17.2 Å². The van der Waals surface area contributed by atoms with Crippen LogP contribution in [0, 0.1) is 0 Å². The molecule has 0 aliphatic rings. The Bertz CT molecular complexity index is 1070. The number of fused-ring (bicyclic) bond motifs is 1. The van der Waals surface area contributed by atoms with Crippen molar-refractivity contribution in [3.05, 3.63) is 72.2 Å². The van der Waals surface area contributed by atoms with E-state index in [1.165, 1.54) is 5.56 Å². The van der Waals surface area contributed by atoms with Crippen LogP contribution in [-0.2, 0) is 6.42 Å². The highest BCUT2D eigenvalue weighted by Gasteiger charge is 2.15. The average molecular weight is 387 g/mol. The molecule has 6 nitrogen and oxygen atoms in total. The van der Waals surface area contributed by atoms with Gasteiger partial charge >= 0.3 is 0 Å². The molecular formula is C23H26N6. The minimum atomic E-state index is 0.284. The number of nitrogens with zero attached hydrogens (tertiary/aromatic N) is 5. The highest BCUT2D eigenvalue weighted by molar-refractivity contribution is 5.57. The molecule has 6 heteroatoms. The van der Waals surface area contributed by atoms with Gasteiger partial charge in [-0.15, -0.1) is 5.10 Å². The SMILES string of the molecule is CC(C)c1cc(N[C@@H](C)CCc2ccccc2)n2nc(-c3cccnc3)nc2n1. The van der Waals surface area contributed by atoms with Gasteiger partial charge in [-0.3, -0.25) is 4.98 Å². The zero-order chi connectivity index (χ0) is 20.2. The van der Waals surface area contributed by atoms with E-state index >= 15 is 0 Å². The standard InChI is InChI=1S/C23H26N6/c1-16(2)20-14-21(25-17(3)11-12-18-8-5-4-6-9-18)29-23(26-20)27-22(28-29)19-10-7-13-24-15-19/h4-10,13-17,25H,11-12H2,1-3H3/t17-/m0/s1. The molecule has 29 heavy (non-hydrogen) atoms. The van der Waals surface area contributed by atoms with Crippen LogP contribution < -0.4 is 5.32 Å². The van der Waals surface area contributed by atoms with Crippen molar-refractivity contribution in [2.24, 2.45) is 0 Å². The Morgan fingerprint density at radius 3 is 2.55 bits per heavy atom. The van der Waals surface area contributed by atoms with Gasteiger partial charge in [-0.1, -0.05) is 44.2 Å². The molecule has 0 amide bonds. The minimum absolute atomic E-state index is 0.284. The lowest BCUT2D eigenvalue weighted by Gasteiger charge is -2.17. The molecule has 0 unspecified atom stereocenters. The smallest absolute Gasteiger partial charge is 0.254 e. The molecule has 0 radical (unpaired) electrons. The predicted octanol–water partition coefficient (Wildman–Crippen LogP) is 4.74. The summed E-state index contributed by atoms with van der Waals surface area (Å²) in [6.07, 6.45) is 5.57. The number of rotatable bonds is 7. The zero-order valence-electron chi connectivity index (χ0n) is 17.1. The summed E-state index contributed by atoms with van der Waals surface area (Å²) in [7, 11) is 0. The van der Waals surface area contributed by atoms with Crippen LogP contribution in [0.1, 0.15) is 44.4 Å². The van der Waals surface area contributed by atoms with Crippen LogP contribution in [0.2, 0.25) is 0 Å². The lowest BCUT2D eigenvalue weighted by Crippen LogP contribution is -2.19. The topological polar surface area (TPSA) is 68.0 Å². The van der Waals surface area contributed by atoms with Crippen LogP contribution in [0.5, 0.6) is 0 Å². The van der Waals surface area contributed by atoms with E-state index in [2.05, 4.69) is 72.5 Å². The molecule has 3 heterocycles. The van der Waals surface area contributed by atoms with Gasteiger partial charge < -0.3 is 5.32 Å². The van der Waals surface area contributed by atoms with E-state index in [1.807, 2.05) is 12.1 Å². The third-order valence-corrected chi connectivity index (χ3v) is 4.95.